The molecule has 27 heavy (non-hydrogen) atoms. The molecule has 0 saturated heterocycles. The van der Waals surface area contributed by atoms with Gasteiger partial charge in [0.2, 0.25) is 0 Å². The van der Waals surface area contributed by atoms with Crippen molar-refractivity contribution in [2.24, 2.45) is 0 Å². The molecule has 0 saturated carbocycles. The van der Waals surface area contributed by atoms with E-state index in [2.05, 4.69) is 0 Å². The Bertz CT molecular complexity index is 972. The van der Waals surface area contributed by atoms with Crippen molar-refractivity contribution in [1.82, 2.24) is 0 Å². The van der Waals surface area contributed by atoms with E-state index in [0.717, 1.165) is 11.3 Å². The lowest BCUT2D eigenvalue weighted by molar-refractivity contribution is 0.104. The summed E-state index contributed by atoms with van der Waals surface area (Å²) in [5, 5.41) is 0.702. The van der Waals surface area contributed by atoms with Crippen molar-refractivity contribution in [3.05, 3.63) is 88.3 Å². The van der Waals surface area contributed by atoms with E-state index in [9.17, 15) is 4.79 Å². The van der Waals surface area contributed by atoms with Crippen LogP contribution in [0, 0.1) is 6.92 Å². The van der Waals surface area contributed by atoms with Crippen LogP contribution >= 0.6 is 11.6 Å². The number of halogens is 1. The van der Waals surface area contributed by atoms with Gasteiger partial charge in [-0.05, 0) is 67.1 Å². The zero-order valence-corrected chi connectivity index (χ0v) is 15.8. The van der Waals surface area contributed by atoms with E-state index < -0.39 is 0 Å². The Morgan fingerprint density at radius 3 is 2.74 bits per heavy atom. The first kappa shape index (κ1) is 18.8. The van der Waals surface area contributed by atoms with Crippen molar-refractivity contribution >= 4 is 23.5 Å². The molecule has 4 nitrogen and oxygen atoms in total. The van der Waals surface area contributed by atoms with Gasteiger partial charge in [-0.3, -0.25) is 4.79 Å². The smallest absolute Gasteiger partial charge is 0.186 e. The van der Waals surface area contributed by atoms with E-state index >= 15 is 0 Å². The Hall–Kier alpha value is -2.98. The summed E-state index contributed by atoms with van der Waals surface area (Å²) >= 11 is 6.01. The van der Waals surface area contributed by atoms with E-state index in [-0.39, 0.29) is 5.78 Å². The number of carbonyl (C=O) groups is 1. The van der Waals surface area contributed by atoms with E-state index in [1.807, 2.05) is 25.1 Å². The molecule has 0 atom stereocenters. The third kappa shape index (κ3) is 5.02. The maximum absolute atomic E-state index is 12.2. The maximum atomic E-state index is 12.2. The Kier molecular flexibility index (Phi) is 5.99. The van der Waals surface area contributed by atoms with Gasteiger partial charge in [0.15, 0.2) is 5.78 Å². The third-order valence-electron chi connectivity index (χ3n) is 3.95. The number of hydrogen-bond donors (Lipinski definition) is 0. The predicted octanol–water partition coefficient (Wildman–Crippen LogP) is 5.73. The van der Waals surface area contributed by atoms with Crippen LogP contribution in [0.5, 0.6) is 11.5 Å². The van der Waals surface area contributed by atoms with Gasteiger partial charge in [-0.1, -0.05) is 23.7 Å². The van der Waals surface area contributed by atoms with Crippen LogP contribution in [0.25, 0.3) is 6.08 Å². The average Bonchev–Trinajstić information content (AvgIpc) is 3.15. The van der Waals surface area contributed by atoms with Crippen LogP contribution in [0.15, 0.2) is 65.1 Å². The molecular weight excluding hydrogens is 364 g/mol. The summed E-state index contributed by atoms with van der Waals surface area (Å²) < 4.78 is 16.5. The Balaban J connectivity index is 1.60. The molecule has 0 aliphatic heterocycles. The standard InChI is InChI=1S/C22H19ClO4/c1-15-12-19(8-10-21(15)23)26-14-20-7-6-17(27-20)9-11-22(24)16-4-3-5-18(13-16)25-2/h3-13H,14H2,1-2H3/b11-9+. The van der Waals surface area contributed by atoms with Gasteiger partial charge < -0.3 is 13.9 Å². The molecule has 0 N–H and O–H groups in total. The second-order valence-electron chi connectivity index (χ2n) is 5.93. The highest BCUT2D eigenvalue weighted by molar-refractivity contribution is 6.31. The lowest BCUT2D eigenvalue weighted by atomic mass is 10.1. The summed E-state index contributed by atoms with van der Waals surface area (Å²) in [6.07, 6.45) is 3.11. The quantitative estimate of drug-likeness (QED) is 0.387. The van der Waals surface area contributed by atoms with Crippen molar-refractivity contribution in [1.29, 1.82) is 0 Å². The minimum absolute atomic E-state index is 0.125. The normalized spacial score (nSPS) is 10.9. The molecule has 138 valence electrons. The molecule has 0 amide bonds. The first-order valence-corrected chi connectivity index (χ1v) is 8.77. The summed E-state index contributed by atoms with van der Waals surface area (Å²) in [4.78, 5) is 12.2. The van der Waals surface area contributed by atoms with Crippen molar-refractivity contribution in [2.45, 2.75) is 13.5 Å². The van der Waals surface area contributed by atoms with Gasteiger partial charge in [0, 0.05) is 10.6 Å². The predicted molar refractivity (Wildman–Crippen MR) is 106 cm³/mol. The fraction of sp³-hybridized carbons (Fsp3) is 0.136. The topological polar surface area (TPSA) is 48.7 Å². The molecule has 1 heterocycles. The lowest BCUT2D eigenvalue weighted by Crippen LogP contribution is -1.95. The SMILES string of the molecule is COc1cccc(C(=O)/C=C/c2ccc(COc3ccc(Cl)c(C)c3)o2)c1. The third-order valence-corrected chi connectivity index (χ3v) is 4.37. The van der Waals surface area contributed by atoms with E-state index in [0.29, 0.717) is 34.5 Å². The average molecular weight is 383 g/mol. The van der Waals surface area contributed by atoms with Gasteiger partial charge in [0.1, 0.15) is 29.6 Å². The van der Waals surface area contributed by atoms with Gasteiger partial charge in [-0.15, -0.1) is 0 Å². The fourth-order valence-electron chi connectivity index (χ4n) is 2.45. The van der Waals surface area contributed by atoms with Gasteiger partial charge in [-0.25, -0.2) is 0 Å². The number of methoxy groups -OCH3 is 1. The van der Waals surface area contributed by atoms with Crippen LogP contribution in [-0.2, 0) is 6.61 Å². The van der Waals surface area contributed by atoms with Crippen molar-refractivity contribution in [3.8, 4) is 11.5 Å². The summed E-state index contributed by atoms with van der Waals surface area (Å²) in [6, 6.07) is 16.1. The molecule has 0 aliphatic carbocycles. The van der Waals surface area contributed by atoms with Crippen molar-refractivity contribution < 1.29 is 18.7 Å². The van der Waals surface area contributed by atoms with E-state index in [1.165, 1.54) is 6.08 Å². The first-order valence-electron chi connectivity index (χ1n) is 8.39. The van der Waals surface area contributed by atoms with E-state index in [1.54, 1.807) is 49.6 Å². The van der Waals surface area contributed by atoms with Crippen LogP contribution < -0.4 is 9.47 Å². The Morgan fingerprint density at radius 1 is 1.11 bits per heavy atom. The molecule has 1 aromatic heterocycles. The number of allylic oxidation sites excluding steroid dienone is 1. The van der Waals surface area contributed by atoms with Crippen molar-refractivity contribution in [3.63, 3.8) is 0 Å². The number of furan rings is 1. The molecule has 3 rings (SSSR count). The summed E-state index contributed by atoms with van der Waals surface area (Å²) in [7, 11) is 1.57. The number of hydrogen-bond acceptors (Lipinski definition) is 4. The monoisotopic (exact) mass is 382 g/mol. The maximum Gasteiger partial charge on any atom is 0.186 e. The van der Waals surface area contributed by atoms with E-state index in [4.69, 9.17) is 25.5 Å². The molecule has 0 spiro atoms. The Morgan fingerprint density at radius 2 is 1.96 bits per heavy atom. The minimum atomic E-state index is -0.125. The second kappa shape index (κ2) is 8.60. The largest absolute Gasteiger partial charge is 0.497 e. The highest BCUT2D eigenvalue weighted by Crippen LogP contribution is 2.22. The number of carbonyl (C=O) groups excluding carboxylic acids is 1. The number of rotatable bonds is 7. The van der Waals surface area contributed by atoms with Gasteiger partial charge in [0.25, 0.3) is 0 Å². The molecule has 2 aromatic carbocycles. The van der Waals surface area contributed by atoms with Gasteiger partial charge in [0.05, 0.1) is 7.11 Å². The van der Waals surface area contributed by atoms with Crippen LogP contribution in [-0.4, -0.2) is 12.9 Å². The molecule has 0 unspecified atom stereocenters. The molecular formula is C22H19ClO4. The highest BCUT2D eigenvalue weighted by atomic mass is 35.5. The van der Waals surface area contributed by atoms with Crippen molar-refractivity contribution in [2.75, 3.05) is 7.11 Å². The molecule has 0 fully saturated rings. The minimum Gasteiger partial charge on any atom is -0.497 e. The fourth-order valence-corrected chi connectivity index (χ4v) is 2.57. The summed E-state index contributed by atoms with van der Waals surface area (Å²) in [5.41, 5.74) is 1.51. The molecule has 0 bridgehead atoms. The summed E-state index contributed by atoms with van der Waals surface area (Å²) in [5.74, 6) is 2.48. The number of benzene rings is 2. The first-order chi connectivity index (χ1) is 13.0. The summed E-state index contributed by atoms with van der Waals surface area (Å²) in [6.45, 7) is 2.21. The zero-order chi connectivity index (χ0) is 19.2. The molecule has 5 heteroatoms. The molecule has 0 radical (unpaired) electrons. The van der Waals surface area contributed by atoms with Crippen LogP contribution in [0.3, 0.4) is 0 Å². The zero-order valence-electron chi connectivity index (χ0n) is 15.1. The number of ketones is 1. The molecule has 0 aliphatic rings. The number of aryl methyl sites for hydroxylation is 1. The second-order valence-corrected chi connectivity index (χ2v) is 6.34. The lowest BCUT2D eigenvalue weighted by Gasteiger charge is -2.05. The number of ether oxygens (including phenoxy) is 2. The molecule has 3 aromatic rings. The Labute approximate surface area is 163 Å². The van der Waals surface area contributed by atoms with Crippen LogP contribution in [0.4, 0.5) is 0 Å². The van der Waals surface area contributed by atoms with Gasteiger partial charge in [-0.2, -0.15) is 0 Å². The van der Waals surface area contributed by atoms with Gasteiger partial charge >= 0.3 is 0 Å². The van der Waals surface area contributed by atoms with Crippen LogP contribution in [0.1, 0.15) is 27.4 Å². The van der Waals surface area contributed by atoms with Crippen LogP contribution in [0.2, 0.25) is 5.02 Å². The highest BCUT2D eigenvalue weighted by Gasteiger charge is 2.05.